The van der Waals surface area contributed by atoms with E-state index >= 15 is 0 Å². The molecule has 0 aliphatic rings. The number of halogens is 2. The Kier molecular flexibility index (Phi) is 4.38. The fourth-order valence-electron chi connectivity index (χ4n) is 2.59. The first-order chi connectivity index (χ1) is 12.1. The molecule has 4 rings (SSSR count). The normalized spacial score (nSPS) is 11.0. The molecule has 0 bridgehead atoms. The van der Waals surface area contributed by atoms with Crippen LogP contribution in [0.2, 0.25) is 9.56 Å². The minimum atomic E-state index is 0.365. The molecular weight excluding hydrogens is 373 g/mol. The highest BCUT2D eigenvalue weighted by Crippen LogP contribution is 2.35. The summed E-state index contributed by atoms with van der Waals surface area (Å²) in [6, 6.07) is 19.8. The molecule has 4 aromatic rings. The molecule has 3 aromatic heterocycles. The predicted molar refractivity (Wildman–Crippen MR) is 105 cm³/mol. The third-order valence-electron chi connectivity index (χ3n) is 3.86. The number of rotatable bonds is 3. The largest absolute Gasteiger partial charge is 0.445 e. The monoisotopic (exact) mass is 385 g/mol. The zero-order chi connectivity index (χ0) is 17.4. The number of aryl methyl sites for hydroxylation is 1. The van der Waals surface area contributed by atoms with Gasteiger partial charge in [0, 0.05) is 11.1 Å². The number of thiophene rings is 1. The summed E-state index contributed by atoms with van der Waals surface area (Å²) in [5.74, 6) is 0.713. The van der Waals surface area contributed by atoms with Crippen LogP contribution in [-0.2, 0) is 0 Å². The van der Waals surface area contributed by atoms with Crippen LogP contribution in [0, 0.1) is 6.92 Å². The van der Waals surface area contributed by atoms with E-state index < -0.39 is 0 Å². The molecule has 0 aliphatic heterocycles. The number of hydrogen-bond acceptors (Lipinski definition) is 3. The topological polar surface area (TPSA) is 26.0 Å². The summed E-state index contributed by atoms with van der Waals surface area (Å²) < 4.78 is 6.33. The Labute approximate surface area is 159 Å². The zero-order valence-corrected chi connectivity index (χ0v) is 15.6. The quantitative estimate of drug-likeness (QED) is 0.368. The number of hydrogen-bond donors (Lipinski definition) is 0. The van der Waals surface area contributed by atoms with Crippen LogP contribution in [-0.4, -0.2) is 4.98 Å². The zero-order valence-electron chi connectivity index (χ0n) is 13.3. The number of nitrogens with zero attached hydrogens (tertiary/aromatic N) is 1. The van der Waals surface area contributed by atoms with Crippen LogP contribution in [0.4, 0.5) is 0 Å². The summed E-state index contributed by atoms with van der Waals surface area (Å²) >= 11 is 13.5. The molecule has 0 saturated heterocycles. The lowest BCUT2D eigenvalue weighted by molar-refractivity contribution is 0.584. The van der Waals surface area contributed by atoms with Crippen LogP contribution in [0.5, 0.6) is 0 Å². The van der Waals surface area contributed by atoms with Crippen molar-refractivity contribution >= 4 is 34.5 Å². The van der Waals surface area contributed by atoms with E-state index in [0.717, 1.165) is 31.7 Å². The Morgan fingerprint density at radius 3 is 2.24 bits per heavy atom. The third kappa shape index (κ3) is 3.49. The van der Waals surface area contributed by atoms with Crippen molar-refractivity contribution in [1.82, 2.24) is 4.98 Å². The van der Waals surface area contributed by atoms with Crippen molar-refractivity contribution in [3.8, 4) is 33.2 Å². The molecule has 0 aliphatic carbocycles. The smallest absolute Gasteiger partial charge is 0.193 e. The van der Waals surface area contributed by atoms with Gasteiger partial charge in [0.25, 0.3) is 0 Å². The molecule has 25 heavy (non-hydrogen) atoms. The molecule has 0 fully saturated rings. The lowest BCUT2D eigenvalue weighted by atomic mass is 10.0. The minimum absolute atomic E-state index is 0.365. The summed E-state index contributed by atoms with van der Waals surface area (Å²) in [4.78, 5) is 5.84. The van der Waals surface area contributed by atoms with Gasteiger partial charge < -0.3 is 4.42 Å². The van der Waals surface area contributed by atoms with Crippen LogP contribution < -0.4 is 0 Å². The highest BCUT2D eigenvalue weighted by molar-refractivity contribution is 7.19. The Balaban J connectivity index is 1.89. The van der Waals surface area contributed by atoms with Crippen molar-refractivity contribution in [1.29, 1.82) is 0 Å². The van der Waals surface area contributed by atoms with E-state index in [1.165, 1.54) is 16.9 Å². The fraction of sp³-hybridized carbons (Fsp3) is 0.0500. The van der Waals surface area contributed by atoms with Gasteiger partial charge in [-0.2, -0.15) is 0 Å². The van der Waals surface area contributed by atoms with Gasteiger partial charge in [-0.1, -0.05) is 41.4 Å². The van der Waals surface area contributed by atoms with Crippen LogP contribution in [0.15, 0.2) is 65.1 Å². The summed E-state index contributed by atoms with van der Waals surface area (Å²) in [7, 11) is 0. The van der Waals surface area contributed by atoms with Crippen molar-refractivity contribution in [3.63, 3.8) is 0 Å². The Hall–Kier alpha value is -2.07. The van der Waals surface area contributed by atoms with Gasteiger partial charge in [-0.3, -0.25) is 0 Å². The van der Waals surface area contributed by atoms with E-state index in [1.807, 2.05) is 30.3 Å². The Bertz CT molecular complexity index is 976. The molecular formula is C20H13Cl2NOS. The van der Waals surface area contributed by atoms with Crippen LogP contribution in [0.25, 0.3) is 33.2 Å². The number of furan rings is 1. The standard InChI is InChI=1S/C20H13Cl2NOS/c1-12-2-4-13(5-3-12)15-10-14(17-6-8-19(21)24-17)11-16(23-15)18-7-9-20(22)25-18/h2-11H,1H3. The molecule has 0 radical (unpaired) electrons. The van der Waals surface area contributed by atoms with E-state index in [4.69, 9.17) is 32.6 Å². The number of benzene rings is 1. The second kappa shape index (κ2) is 6.68. The van der Waals surface area contributed by atoms with Crippen LogP contribution in [0.3, 0.4) is 0 Å². The molecule has 0 spiro atoms. The molecule has 0 N–H and O–H groups in total. The molecule has 0 atom stereocenters. The van der Waals surface area contributed by atoms with Gasteiger partial charge in [-0.15, -0.1) is 11.3 Å². The summed E-state index contributed by atoms with van der Waals surface area (Å²) in [5.41, 5.74) is 4.93. The van der Waals surface area contributed by atoms with Crippen molar-refractivity contribution in [3.05, 3.63) is 75.8 Å². The maximum Gasteiger partial charge on any atom is 0.193 e. The van der Waals surface area contributed by atoms with E-state index in [-0.39, 0.29) is 0 Å². The maximum atomic E-state index is 6.10. The van der Waals surface area contributed by atoms with Gasteiger partial charge in [0.1, 0.15) is 5.76 Å². The third-order valence-corrected chi connectivity index (χ3v) is 5.31. The minimum Gasteiger partial charge on any atom is -0.445 e. The Morgan fingerprint density at radius 1 is 0.840 bits per heavy atom. The van der Waals surface area contributed by atoms with Crippen LogP contribution >= 0.6 is 34.5 Å². The van der Waals surface area contributed by atoms with Gasteiger partial charge in [0.05, 0.1) is 20.6 Å². The second-order valence-electron chi connectivity index (χ2n) is 5.70. The lowest BCUT2D eigenvalue weighted by Crippen LogP contribution is -1.89. The second-order valence-corrected chi connectivity index (χ2v) is 7.79. The Morgan fingerprint density at radius 2 is 1.60 bits per heavy atom. The number of pyridine rings is 1. The average Bonchev–Trinajstić information content (AvgIpc) is 3.24. The first-order valence-electron chi connectivity index (χ1n) is 7.69. The van der Waals surface area contributed by atoms with Gasteiger partial charge in [-0.25, -0.2) is 4.98 Å². The fourth-order valence-corrected chi connectivity index (χ4v) is 3.74. The van der Waals surface area contributed by atoms with Crippen molar-refractivity contribution in [2.45, 2.75) is 6.92 Å². The van der Waals surface area contributed by atoms with E-state index in [2.05, 4.69) is 31.2 Å². The first-order valence-corrected chi connectivity index (χ1v) is 9.26. The van der Waals surface area contributed by atoms with E-state index in [9.17, 15) is 0 Å². The van der Waals surface area contributed by atoms with E-state index in [1.54, 1.807) is 6.07 Å². The number of aromatic nitrogens is 1. The summed E-state index contributed by atoms with van der Waals surface area (Å²) in [6.45, 7) is 2.07. The van der Waals surface area contributed by atoms with Gasteiger partial charge >= 0.3 is 0 Å². The van der Waals surface area contributed by atoms with E-state index in [0.29, 0.717) is 11.0 Å². The van der Waals surface area contributed by atoms with Crippen molar-refractivity contribution < 1.29 is 4.42 Å². The summed E-state index contributed by atoms with van der Waals surface area (Å²) in [5, 5.41) is 0.365. The molecule has 0 unspecified atom stereocenters. The molecule has 124 valence electrons. The average molecular weight is 386 g/mol. The molecule has 5 heteroatoms. The van der Waals surface area contributed by atoms with Crippen LogP contribution in [0.1, 0.15) is 5.56 Å². The lowest BCUT2D eigenvalue weighted by Gasteiger charge is -2.08. The summed E-state index contributed by atoms with van der Waals surface area (Å²) in [6.07, 6.45) is 0. The molecule has 0 saturated carbocycles. The van der Waals surface area contributed by atoms with Crippen molar-refractivity contribution in [2.75, 3.05) is 0 Å². The maximum absolute atomic E-state index is 6.10. The van der Waals surface area contributed by atoms with Gasteiger partial charge in [-0.05, 0) is 54.9 Å². The van der Waals surface area contributed by atoms with Gasteiger partial charge in [0.2, 0.25) is 0 Å². The highest BCUT2D eigenvalue weighted by atomic mass is 35.5. The van der Waals surface area contributed by atoms with Crippen molar-refractivity contribution in [2.24, 2.45) is 0 Å². The predicted octanol–water partition coefficient (Wildman–Crippen LogP) is 7.35. The highest BCUT2D eigenvalue weighted by Gasteiger charge is 2.12. The molecule has 2 nitrogen and oxygen atoms in total. The molecule has 0 amide bonds. The van der Waals surface area contributed by atoms with Gasteiger partial charge in [0.15, 0.2) is 5.22 Å². The SMILES string of the molecule is Cc1ccc(-c2cc(-c3ccc(Cl)o3)cc(-c3ccc(Cl)s3)n2)cc1. The first kappa shape index (κ1) is 16.4. The molecule has 3 heterocycles. The molecule has 1 aromatic carbocycles.